The maximum absolute atomic E-state index is 13.1. The third-order valence-electron chi connectivity index (χ3n) is 5.48. The maximum Gasteiger partial charge on any atom is 0.326 e. The van der Waals surface area contributed by atoms with E-state index in [0.717, 1.165) is 0 Å². The summed E-state index contributed by atoms with van der Waals surface area (Å²) in [6.07, 6.45) is 1.98. The van der Waals surface area contributed by atoms with Gasteiger partial charge in [-0.2, -0.15) is 11.8 Å². The molecule has 1 aromatic rings. The molecule has 15 heteroatoms. The highest BCUT2D eigenvalue weighted by Gasteiger charge is 2.31. The number of thioether (sulfide) groups is 1. The first-order valence-corrected chi connectivity index (χ1v) is 13.6. The van der Waals surface area contributed by atoms with Crippen LogP contribution in [0.1, 0.15) is 31.2 Å². The molecule has 0 aromatic heterocycles. The minimum absolute atomic E-state index is 0.0312. The molecule has 0 aliphatic rings. The van der Waals surface area contributed by atoms with E-state index in [1.807, 2.05) is 6.26 Å². The number of rotatable bonds is 18. The molecule has 216 valence electrons. The van der Waals surface area contributed by atoms with Crippen molar-refractivity contribution in [3.63, 3.8) is 0 Å². The van der Waals surface area contributed by atoms with Gasteiger partial charge in [-0.3, -0.25) is 24.2 Å². The summed E-state index contributed by atoms with van der Waals surface area (Å²) < 4.78 is 0. The van der Waals surface area contributed by atoms with E-state index in [4.69, 9.17) is 22.9 Å². The van der Waals surface area contributed by atoms with E-state index in [1.165, 1.54) is 11.8 Å². The van der Waals surface area contributed by atoms with Gasteiger partial charge in [-0.05, 0) is 36.8 Å². The molecule has 4 atom stereocenters. The fraction of sp³-hybridized carbons (Fsp3) is 0.500. The molecule has 0 fully saturated rings. The molecule has 4 amide bonds. The van der Waals surface area contributed by atoms with E-state index in [-0.39, 0.29) is 25.3 Å². The molecule has 0 bridgehead atoms. The van der Waals surface area contributed by atoms with Crippen molar-refractivity contribution in [1.82, 2.24) is 16.0 Å². The largest absolute Gasteiger partial charge is 0.480 e. The summed E-state index contributed by atoms with van der Waals surface area (Å²) in [5, 5.41) is 16.9. The van der Waals surface area contributed by atoms with Crippen molar-refractivity contribution in [2.75, 3.05) is 18.6 Å². The Labute approximate surface area is 231 Å². The van der Waals surface area contributed by atoms with Crippen molar-refractivity contribution < 1.29 is 29.1 Å². The third-order valence-corrected chi connectivity index (χ3v) is 6.13. The van der Waals surface area contributed by atoms with Crippen molar-refractivity contribution >= 4 is 47.3 Å². The molecule has 0 radical (unpaired) electrons. The fourth-order valence-corrected chi connectivity index (χ4v) is 3.92. The number of hydrogen-bond acceptors (Lipinski definition) is 8. The zero-order valence-corrected chi connectivity index (χ0v) is 22.6. The van der Waals surface area contributed by atoms with Crippen molar-refractivity contribution in [1.29, 1.82) is 0 Å². The Morgan fingerprint density at radius 1 is 0.897 bits per heavy atom. The van der Waals surface area contributed by atoms with Gasteiger partial charge in [-0.1, -0.05) is 30.3 Å². The van der Waals surface area contributed by atoms with Crippen LogP contribution in [0.4, 0.5) is 0 Å². The molecule has 1 rings (SSSR count). The molecule has 0 saturated heterocycles. The van der Waals surface area contributed by atoms with Crippen LogP contribution in [-0.2, 0) is 30.4 Å². The average molecular weight is 567 g/mol. The molecule has 1 aromatic carbocycles. The minimum atomic E-state index is -1.49. The number of nitrogens with zero attached hydrogens (tertiary/aromatic N) is 1. The van der Waals surface area contributed by atoms with Gasteiger partial charge in [0, 0.05) is 13.0 Å². The lowest BCUT2D eigenvalue weighted by molar-refractivity contribution is -0.142. The molecule has 4 unspecified atom stereocenters. The SMILES string of the molecule is CSCCC(N)C(=O)NC(CCCN=C(N)N)C(=O)NC(CC(N)=O)C(=O)NC(Cc1ccccc1)C(=O)O. The number of nitrogens with two attached hydrogens (primary N) is 4. The number of carboxylic acid groups (broad SMARTS) is 1. The number of nitrogens with one attached hydrogen (secondary N) is 3. The normalized spacial score (nSPS) is 13.7. The molecular formula is C24H38N8O6S. The van der Waals surface area contributed by atoms with Gasteiger partial charge in [0.1, 0.15) is 18.1 Å². The van der Waals surface area contributed by atoms with Gasteiger partial charge in [0.15, 0.2) is 5.96 Å². The topological polar surface area (TPSA) is 258 Å². The van der Waals surface area contributed by atoms with Gasteiger partial charge in [-0.15, -0.1) is 0 Å². The van der Waals surface area contributed by atoms with Crippen LogP contribution in [-0.4, -0.2) is 83.4 Å². The second-order valence-electron chi connectivity index (χ2n) is 8.72. The van der Waals surface area contributed by atoms with Crippen molar-refractivity contribution in [3.05, 3.63) is 35.9 Å². The van der Waals surface area contributed by atoms with E-state index in [1.54, 1.807) is 30.3 Å². The average Bonchev–Trinajstić information content (AvgIpc) is 2.87. The number of carbonyl (C=O) groups excluding carboxylic acids is 4. The highest BCUT2D eigenvalue weighted by Crippen LogP contribution is 2.07. The Kier molecular flexibility index (Phi) is 15.0. The maximum atomic E-state index is 13.1. The standard InChI is InChI=1S/C24H38N8O6S/c1-39-11-9-15(25)20(34)30-16(8-5-10-29-24(27)28)21(35)31-17(13-19(26)33)22(36)32-18(23(37)38)12-14-6-3-2-4-7-14/h2-4,6-7,15-18H,5,8-13,25H2,1H3,(H2,26,33)(H,30,34)(H,31,35)(H,32,36)(H,37,38)(H4,27,28,29). The molecule has 14 nitrogen and oxygen atoms in total. The Balaban J connectivity index is 3.03. The van der Waals surface area contributed by atoms with Gasteiger partial charge in [0.05, 0.1) is 12.5 Å². The van der Waals surface area contributed by atoms with Crippen LogP contribution in [0.15, 0.2) is 35.3 Å². The number of hydrogen-bond donors (Lipinski definition) is 8. The van der Waals surface area contributed by atoms with Crippen LogP contribution in [0.2, 0.25) is 0 Å². The highest BCUT2D eigenvalue weighted by atomic mass is 32.2. The summed E-state index contributed by atoms with van der Waals surface area (Å²) >= 11 is 1.51. The molecule has 0 aliphatic carbocycles. The quantitative estimate of drug-likeness (QED) is 0.0539. The number of guanidine groups is 1. The van der Waals surface area contributed by atoms with E-state index >= 15 is 0 Å². The summed E-state index contributed by atoms with van der Waals surface area (Å²) in [5.41, 5.74) is 22.5. The van der Waals surface area contributed by atoms with E-state index in [9.17, 15) is 29.1 Å². The molecule has 0 spiro atoms. The lowest BCUT2D eigenvalue weighted by atomic mass is 10.0. The van der Waals surface area contributed by atoms with Crippen LogP contribution >= 0.6 is 11.8 Å². The minimum Gasteiger partial charge on any atom is -0.480 e. The van der Waals surface area contributed by atoms with Crippen LogP contribution in [0.25, 0.3) is 0 Å². The van der Waals surface area contributed by atoms with Crippen LogP contribution < -0.4 is 38.9 Å². The number of benzene rings is 1. The predicted octanol–water partition coefficient (Wildman–Crippen LogP) is -2.22. The zero-order valence-electron chi connectivity index (χ0n) is 21.8. The first-order valence-electron chi connectivity index (χ1n) is 12.2. The van der Waals surface area contributed by atoms with Crippen LogP contribution in [0.3, 0.4) is 0 Å². The first kappa shape index (κ1) is 33.2. The summed E-state index contributed by atoms with van der Waals surface area (Å²) in [4.78, 5) is 66.0. The Bertz CT molecular complexity index is 1010. The Morgan fingerprint density at radius 3 is 2.05 bits per heavy atom. The van der Waals surface area contributed by atoms with Crippen LogP contribution in [0.5, 0.6) is 0 Å². The molecule has 0 heterocycles. The highest BCUT2D eigenvalue weighted by molar-refractivity contribution is 7.98. The smallest absolute Gasteiger partial charge is 0.326 e. The van der Waals surface area contributed by atoms with E-state index in [0.29, 0.717) is 24.2 Å². The number of aliphatic carboxylic acids is 1. The van der Waals surface area contributed by atoms with Gasteiger partial charge in [0.25, 0.3) is 0 Å². The lowest BCUT2D eigenvalue weighted by Gasteiger charge is -2.25. The first-order chi connectivity index (χ1) is 18.4. The van der Waals surface area contributed by atoms with Gasteiger partial charge in [0.2, 0.25) is 23.6 Å². The molecule has 0 saturated carbocycles. The monoisotopic (exact) mass is 566 g/mol. The number of aliphatic imine (C=N–C) groups is 1. The van der Waals surface area contributed by atoms with Crippen molar-refractivity contribution in [2.45, 2.75) is 56.3 Å². The molecule has 0 aliphatic heterocycles. The second-order valence-corrected chi connectivity index (χ2v) is 9.70. The number of carboxylic acids is 1. The third kappa shape index (κ3) is 13.5. The second kappa shape index (κ2) is 17.6. The Hall–Kier alpha value is -3.85. The Morgan fingerprint density at radius 2 is 1.49 bits per heavy atom. The van der Waals surface area contributed by atoms with E-state index in [2.05, 4.69) is 20.9 Å². The predicted molar refractivity (Wildman–Crippen MR) is 148 cm³/mol. The van der Waals surface area contributed by atoms with Gasteiger partial charge >= 0.3 is 5.97 Å². The van der Waals surface area contributed by atoms with Crippen LogP contribution in [0, 0.1) is 0 Å². The molecule has 12 N–H and O–H groups in total. The van der Waals surface area contributed by atoms with E-state index < -0.39 is 60.2 Å². The van der Waals surface area contributed by atoms with Gasteiger partial charge < -0.3 is 44.0 Å². The van der Waals surface area contributed by atoms with Crippen molar-refractivity contribution in [2.24, 2.45) is 27.9 Å². The summed E-state index contributed by atoms with van der Waals surface area (Å²) in [5.74, 6) is -4.01. The summed E-state index contributed by atoms with van der Waals surface area (Å²) in [6.45, 7) is 0.172. The number of carbonyl (C=O) groups is 5. The number of primary amides is 1. The zero-order chi connectivity index (χ0) is 29.4. The molecular weight excluding hydrogens is 528 g/mol. The molecule has 39 heavy (non-hydrogen) atoms. The summed E-state index contributed by atoms with van der Waals surface area (Å²) in [7, 11) is 0. The lowest BCUT2D eigenvalue weighted by Crippen LogP contribution is -2.58. The number of amides is 4. The fourth-order valence-electron chi connectivity index (χ4n) is 3.43. The van der Waals surface area contributed by atoms with Gasteiger partial charge in [-0.25, -0.2) is 4.79 Å². The summed E-state index contributed by atoms with van der Waals surface area (Å²) in [6, 6.07) is 3.76. The van der Waals surface area contributed by atoms with Crippen molar-refractivity contribution in [3.8, 4) is 0 Å².